The predicted octanol–water partition coefficient (Wildman–Crippen LogP) is 4.30. The van der Waals surface area contributed by atoms with Crippen molar-refractivity contribution >= 4 is 33.0 Å². The molecule has 0 atom stereocenters. The molecular weight excluding hydrogens is 296 g/mol. The van der Waals surface area contributed by atoms with Gasteiger partial charge in [-0.25, -0.2) is 0 Å². The molecule has 2 aromatic rings. The Bertz CT molecular complexity index is 569. The number of hydrogen-bond donors (Lipinski definition) is 1. The SMILES string of the molecule is Cc1ccc(C#N)cc1NCc1csc(Br)c1. The van der Waals surface area contributed by atoms with Crippen LogP contribution in [0.1, 0.15) is 16.7 Å². The van der Waals surface area contributed by atoms with E-state index >= 15 is 0 Å². The molecule has 0 bridgehead atoms. The molecule has 2 nitrogen and oxygen atoms in total. The van der Waals surface area contributed by atoms with Gasteiger partial charge in [-0.15, -0.1) is 11.3 Å². The van der Waals surface area contributed by atoms with Crippen LogP contribution in [0.25, 0.3) is 0 Å². The summed E-state index contributed by atoms with van der Waals surface area (Å²) < 4.78 is 1.14. The first-order chi connectivity index (χ1) is 8.19. The molecule has 86 valence electrons. The fourth-order valence-corrected chi connectivity index (χ4v) is 2.73. The molecule has 1 aromatic heterocycles. The number of anilines is 1. The molecule has 17 heavy (non-hydrogen) atoms. The minimum atomic E-state index is 0.685. The molecule has 0 amide bonds. The average Bonchev–Trinajstić information content (AvgIpc) is 2.74. The van der Waals surface area contributed by atoms with Gasteiger partial charge in [-0.2, -0.15) is 5.26 Å². The number of rotatable bonds is 3. The number of nitriles is 1. The van der Waals surface area contributed by atoms with Gasteiger partial charge in [0.1, 0.15) is 0 Å². The van der Waals surface area contributed by atoms with Crippen LogP contribution in [-0.4, -0.2) is 0 Å². The van der Waals surface area contributed by atoms with Crippen LogP contribution in [0.2, 0.25) is 0 Å². The third kappa shape index (κ3) is 3.09. The van der Waals surface area contributed by atoms with E-state index < -0.39 is 0 Å². The van der Waals surface area contributed by atoms with Crippen molar-refractivity contribution in [2.45, 2.75) is 13.5 Å². The summed E-state index contributed by atoms with van der Waals surface area (Å²) in [4.78, 5) is 0. The molecule has 0 unspecified atom stereocenters. The van der Waals surface area contributed by atoms with E-state index in [1.165, 1.54) is 5.56 Å². The zero-order valence-corrected chi connectivity index (χ0v) is 11.7. The molecule has 0 fully saturated rings. The summed E-state index contributed by atoms with van der Waals surface area (Å²) in [6.07, 6.45) is 0. The monoisotopic (exact) mass is 306 g/mol. The molecule has 0 aliphatic carbocycles. The summed E-state index contributed by atoms with van der Waals surface area (Å²) in [5, 5.41) is 14.3. The highest BCUT2D eigenvalue weighted by Crippen LogP contribution is 2.22. The van der Waals surface area contributed by atoms with Gasteiger partial charge in [-0.3, -0.25) is 0 Å². The third-order valence-corrected chi connectivity index (χ3v) is 4.02. The van der Waals surface area contributed by atoms with E-state index in [9.17, 15) is 0 Å². The van der Waals surface area contributed by atoms with Crippen molar-refractivity contribution in [2.24, 2.45) is 0 Å². The number of hydrogen-bond acceptors (Lipinski definition) is 3. The molecule has 0 aliphatic heterocycles. The largest absolute Gasteiger partial charge is 0.381 e. The van der Waals surface area contributed by atoms with E-state index in [0.717, 1.165) is 21.6 Å². The molecule has 4 heteroatoms. The van der Waals surface area contributed by atoms with Crippen molar-refractivity contribution < 1.29 is 0 Å². The van der Waals surface area contributed by atoms with E-state index in [4.69, 9.17) is 5.26 Å². The normalized spacial score (nSPS) is 9.94. The molecule has 0 spiro atoms. The highest BCUT2D eigenvalue weighted by molar-refractivity contribution is 9.11. The lowest BCUT2D eigenvalue weighted by atomic mass is 10.1. The zero-order valence-electron chi connectivity index (χ0n) is 9.33. The van der Waals surface area contributed by atoms with Gasteiger partial charge >= 0.3 is 0 Å². The summed E-state index contributed by atoms with van der Waals surface area (Å²) in [6.45, 7) is 2.81. The number of aryl methyl sites for hydroxylation is 1. The number of nitrogens with one attached hydrogen (secondary N) is 1. The van der Waals surface area contributed by atoms with Crippen LogP contribution in [0.3, 0.4) is 0 Å². The standard InChI is InChI=1S/C13H11BrN2S/c1-9-2-3-10(6-15)4-12(9)16-7-11-5-13(14)17-8-11/h2-5,8,16H,7H2,1H3. The highest BCUT2D eigenvalue weighted by Gasteiger charge is 2.01. The number of benzene rings is 1. The Labute approximate surface area is 113 Å². The Hall–Kier alpha value is -1.31. The Kier molecular flexibility index (Phi) is 3.82. The Morgan fingerprint density at radius 3 is 2.88 bits per heavy atom. The van der Waals surface area contributed by atoms with Crippen molar-refractivity contribution in [1.29, 1.82) is 5.26 Å². The first kappa shape index (κ1) is 12.2. The maximum absolute atomic E-state index is 8.86. The molecule has 0 saturated carbocycles. The van der Waals surface area contributed by atoms with Crippen molar-refractivity contribution in [3.05, 3.63) is 50.1 Å². The predicted molar refractivity (Wildman–Crippen MR) is 75.2 cm³/mol. The minimum absolute atomic E-state index is 0.685. The Balaban J connectivity index is 2.11. The summed E-state index contributed by atoms with van der Waals surface area (Å²) in [7, 11) is 0. The Morgan fingerprint density at radius 1 is 1.41 bits per heavy atom. The van der Waals surface area contributed by atoms with Gasteiger partial charge in [-0.1, -0.05) is 6.07 Å². The number of thiophene rings is 1. The lowest BCUT2D eigenvalue weighted by molar-refractivity contribution is 1.15. The lowest BCUT2D eigenvalue weighted by Gasteiger charge is -2.08. The van der Waals surface area contributed by atoms with Gasteiger partial charge in [0.2, 0.25) is 0 Å². The van der Waals surface area contributed by atoms with E-state index in [0.29, 0.717) is 5.56 Å². The number of halogens is 1. The molecule has 0 aliphatic rings. The third-order valence-electron chi connectivity index (χ3n) is 2.47. The maximum Gasteiger partial charge on any atom is 0.0992 e. The topological polar surface area (TPSA) is 35.8 Å². The lowest BCUT2D eigenvalue weighted by Crippen LogP contribution is -2.00. The first-order valence-corrected chi connectivity index (χ1v) is 6.84. The Morgan fingerprint density at radius 2 is 2.24 bits per heavy atom. The van der Waals surface area contributed by atoms with Crippen LogP contribution in [0.5, 0.6) is 0 Å². The van der Waals surface area contributed by atoms with Crippen molar-refractivity contribution in [1.82, 2.24) is 0 Å². The second-order valence-electron chi connectivity index (χ2n) is 3.75. The number of nitrogens with zero attached hydrogens (tertiary/aromatic N) is 1. The highest BCUT2D eigenvalue weighted by atomic mass is 79.9. The van der Waals surface area contributed by atoms with Gasteiger partial charge in [0, 0.05) is 12.2 Å². The smallest absolute Gasteiger partial charge is 0.0992 e. The first-order valence-electron chi connectivity index (χ1n) is 5.16. The summed E-state index contributed by atoms with van der Waals surface area (Å²) in [5.74, 6) is 0. The minimum Gasteiger partial charge on any atom is -0.381 e. The van der Waals surface area contributed by atoms with Crippen molar-refractivity contribution in [3.8, 4) is 6.07 Å². The summed E-state index contributed by atoms with van der Waals surface area (Å²) in [6, 6.07) is 9.93. The van der Waals surface area contributed by atoms with E-state index in [1.54, 1.807) is 11.3 Å². The maximum atomic E-state index is 8.86. The second kappa shape index (κ2) is 5.35. The van der Waals surface area contributed by atoms with E-state index in [-0.39, 0.29) is 0 Å². The fourth-order valence-electron chi connectivity index (χ4n) is 1.52. The zero-order chi connectivity index (χ0) is 12.3. The summed E-state index contributed by atoms with van der Waals surface area (Å²) >= 11 is 5.12. The molecule has 1 N–H and O–H groups in total. The molecule has 0 radical (unpaired) electrons. The molecule has 1 heterocycles. The summed E-state index contributed by atoms with van der Waals surface area (Å²) in [5.41, 5.74) is 4.10. The van der Waals surface area contributed by atoms with Gasteiger partial charge < -0.3 is 5.32 Å². The second-order valence-corrected chi connectivity index (χ2v) is 6.04. The van der Waals surface area contributed by atoms with Crippen LogP contribution >= 0.6 is 27.3 Å². The van der Waals surface area contributed by atoms with Gasteiger partial charge in [-0.05, 0) is 57.6 Å². The van der Waals surface area contributed by atoms with Gasteiger partial charge in [0.05, 0.1) is 15.4 Å². The van der Waals surface area contributed by atoms with E-state index in [1.807, 2.05) is 25.1 Å². The molecular formula is C13H11BrN2S. The van der Waals surface area contributed by atoms with E-state index in [2.05, 4.69) is 38.8 Å². The van der Waals surface area contributed by atoms with Crippen LogP contribution in [0.4, 0.5) is 5.69 Å². The average molecular weight is 307 g/mol. The fraction of sp³-hybridized carbons (Fsp3) is 0.154. The molecule has 0 saturated heterocycles. The van der Waals surface area contributed by atoms with Crippen molar-refractivity contribution in [3.63, 3.8) is 0 Å². The van der Waals surface area contributed by atoms with Crippen LogP contribution in [0, 0.1) is 18.3 Å². The molecule has 2 rings (SSSR count). The molecule has 1 aromatic carbocycles. The quantitative estimate of drug-likeness (QED) is 0.917. The van der Waals surface area contributed by atoms with Gasteiger partial charge in [0.25, 0.3) is 0 Å². The van der Waals surface area contributed by atoms with Crippen LogP contribution < -0.4 is 5.32 Å². The van der Waals surface area contributed by atoms with Crippen LogP contribution in [-0.2, 0) is 6.54 Å². The van der Waals surface area contributed by atoms with Crippen molar-refractivity contribution in [2.75, 3.05) is 5.32 Å². The van der Waals surface area contributed by atoms with Crippen LogP contribution in [0.15, 0.2) is 33.4 Å². The van der Waals surface area contributed by atoms with Gasteiger partial charge in [0.15, 0.2) is 0 Å².